The molecule has 2 fully saturated rings. The van der Waals surface area contributed by atoms with Gasteiger partial charge in [0.05, 0.1) is 0 Å². The Hall–Kier alpha value is -0.0400. The molecule has 1 heteroatoms. The van der Waals surface area contributed by atoms with Gasteiger partial charge in [-0.15, -0.1) is 0 Å². The van der Waals surface area contributed by atoms with E-state index >= 15 is 0 Å². The lowest BCUT2D eigenvalue weighted by atomic mass is 9.75. The highest BCUT2D eigenvalue weighted by molar-refractivity contribution is 5.18. The molecular weight excluding hydrogens is 194 g/mol. The highest BCUT2D eigenvalue weighted by atomic mass is 15.1. The molecule has 0 heterocycles. The van der Waals surface area contributed by atoms with Crippen molar-refractivity contribution in [1.82, 2.24) is 5.32 Å². The molecule has 0 aromatic rings. The van der Waals surface area contributed by atoms with Crippen LogP contribution in [0.2, 0.25) is 0 Å². The van der Waals surface area contributed by atoms with Crippen LogP contribution in [-0.2, 0) is 0 Å². The van der Waals surface area contributed by atoms with Crippen molar-refractivity contribution in [2.24, 2.45) is 16.2 Å². The molecule has 1 nitrogen and oxygen atoms in total. The summed E-state index contributed by atoms with van der Waals surface area (Å²) in [5, 5.41) is 3.91. The van der Waals surface area contributed by atoms with E-state index in [-0.39, 0.29) is 0 Å². The van der Waals surface area contributed by atoms with E-state index in [1.807, 2.05) is 0 Å². The van der Waals surface area contributed by atoms with Crippen molar-refractivity contribution in [3.05, 3.63) is 0 Å². The molecule has 94 valence electrons. The molecule has 16 heavy (non-hydrogen) atoms. The molecule has 0 aromatic carbocycles. The van der Waals surface area contributed by atoms with Gasteiger partial charge in [0.2, 0.25) is 0 Å². The Kier molecular flexibility index (Phi) is 2.70. The van der Waals surface area contributed by atoms with Gasteiger partial charge in [-0.1, -0.05) is 41.5 Å². The quantitative estimate of drug-likeness (QED) is 0.746. The van der Waals surface area contributed by atoms with E-state index in [9.17, 15) is 0 Å². The maximum Gasteiger partial charge on any atom is 0.0183 e. The lowest BCUT2D eigenvalue weighted by molar-refractivity contribution is 0.202. The zero-order valence-corrected chi connectivity index (χ0v) is 12.0. The summed E-state index contributed by atoms with van der Waals surface area (Å²) in [7, 11) is 0. The van der Waals surface area contributed by atoms with Crippen LogP contribution in [0.5, 0.6) is 0 Å². The number of rotatable bonds is 2. The second kappa shape index (κ2) is 3.48. The lowest BCUT2D eigenvalue weighted by Crippen LogP contribution is -2.38. The van der Waals surface area contributed by atoms with E-state index in [0.717, 1.165) is 12.1 Å². The van der Waals surface area contributed by atoms with Gasteiger partial charge in [0.15, 0.2) is 0 Å². The first-order chi connectivity index (χ1) is 7.17. The summed E-state index contributed by atoms with van der Waals surface area (Å²) in [6.45, 7) is 14.4. The summed E-state index contributed by atoms with van der Waals surface area (Å²) in [5.41, 5.74) is 1.56. The van der Waals surface area contributed by atoms with E-state index < -0.39 is 0 Å². The molecule has 2 aliphatic rings. The zero-order valence-electron chi connectivity index (χ0n) is 12.0. The van der Waals surface area contributed by atoms with Gasteiger partial charge >= 0.3 is 0 Å². The van der Waals surface area contributed by atoms with Crippen LogP contribution < -0.4 is 5.32 Å². The first-order valence-electron chi connectivity index (χ1n) is 6.93. The fraction of sp³-hybridized carbons (Fsp3) is 1.00. The fourth-order valence-corrected chi connectivity index (χ4v) is 3.41. The minimum atomic E-state index is 0.486. The van der Waals surface area contributed by atoms with Crippen LogP contribution in [0.25, 0.3) is 0 Å². The van der Waals surface area contributed by atoms with Crippen LogP contribution >= 0.6 is 0 Å². The van der Waals surface area contributed by atoms with Crippen LogP contribution in [0.3, 0.4) is 0 Å². The van der Waals surface area contributed by atoms with Gasteiger partial charge in [-0.3, -0.25) is 0 Å². The first kappa shape index (κ1) is 12.4. The monoisotopic (exact) mass is 223 g/mol. The number of hydrogen-bond donors (Lipinski definition) is 1. The second-order valence-corrected chi connectivity index (χ2v) is 7.98. The normalized spacial score (nSPS) is 32.6. The molecule has 0 radical (unpaired) electrons. The Morgan fingerprint density at radius 3 is 1.62 bits per heavy atom. The van der Waals surface area contributed by atoms with Crippen molar-refractivity contribution < 1.29 is 0 Å². The SMILES string of the molecule is CC1(C)CCC(NC2C(C)(C)C2(C)C)CC1. The van der Waals surface area contributed by atoms with Crippen LogP contribution in [0.15, 0.2) is 0 Å². The zero-order chi connectivity index (χ0) is 12.2. The molecule has 0 bridgehead atoms. The Morgan fingerprint density at radius 1 is 0.812 bits per heavy atom. The lowest BCUT2D eigenvalue weighted by Gasteiger charge is -2.35. The topological polar surface area (TPSA) is 12.0 Å². The van der Waals surface area contributed by atoms with Gasteiger partial charge in [0, 0.05) is 12.1 Å². The third-order valence-corrected chi connectivity index (χ3v) is 5.76. The molecule has 0 spiro atoms. The van der Waals surface area contributed by atoms with Gasteiger partial charge in [-0.25, -0.2) is 0 Å². The Balaban J connectivity index is 1.85. The maximum atomic E-state index is 3.91. The predicted molar refractivity (Wildman–Crippen MR) is 70.5 cm³/mol. The van der Waals surface area contributed by atoms with Crippen molar-refractivity contribution in [2.45, 2.75) is 79.3 Å². The average molecular weight is 223 g/mol. The third-order valence-electron chi connectivity index (χ3n) is 5.76. The van der Waals surface area contributed by atoms with Crippen molar-refractivity contribution in [1.29, 1.82) is 0 Å². The van der Waals surface area contributed by atoms with E-state index in [4.69, 9.17) is 0 Å². The molecule has 0 saturated heterocycles. The molecular formula is C15H29N. The van der Waals surface area contributed by atoms with Gasteiger partial charge in [0.25, 0.3) is 0 Å². The minimum Gasteiger partial charge on any atom is -0.310 e. The molecule has 0 unspecified atom stereocenters. The number of nitrogens with one attached hydrogen (secondary N) is 1. The summed E-state index contributed by atoms with van der Waals surface area (Å²) < 4.78 is 0. The van der Waals surface area contributed by atoms with E-state index in [0.29, 0.717) is 16.2 Å². The molecule has 0 atom stereocenters. The van der Waals surface area contributed by atoms with E-state index in [1.165, 1.54) is 25.7 Å². The molecule has 1 N–H and O–H groups in total. The smallest absolute Gasteiger partial charge is 0.0183 e. The summed E-state index contributed by atoms with van der Waals surface area (Å²) in [6, 6.07) is 1.50. The summed E-state index contributed by atoms with van der Waals surface area (Å²) in [5.74, 6) is 0. The van der Waals surface area contributed by atoms with Gasteiger partial charge in [-0.05, 0) is 41.9 Å². The fourth-order valence-electron chi connectivity index (χ4n) is 3.41. The maximum absolute atomic E-state index is 3.91. The second-order valence-electron chi connectivity index (χ2n) is 7.98. The minimum absolute atomic E-state index is 0.486. The van der Waals surface area contributed by atoms with E-state index in [1.54, 1.807) is 0 Å². The Bertz CT molecular complexity index is 251. The number of hydrogen-bond acceptors (Lipinski definition) is 1. The largest absolute Gasteiger partial charge is 0.310 e. The Labute approximate surface area is 101 Å². The van der Waals surface area contributed by atoms with Crippen LogP contribution in [0.4, 0.5) is 0 Å². The van der Waals surface area contributed by atoms with Crippen molar-refractivity contribution in [3.8, 4) is 0 Å². The van der Waals surface area contributed by atoms with Crippen molar-refractivity contribution >= 4 is 0 Å². The standard InChI is InChI=1S/C15H29N/c1-13(2)9-7-11(8-10-13)16-12-14(3,4)15(12,5)6/h11-12,16H,7-10H2,1-6H3. The van der Waals surface area contributed by atoms with Gasteiger partial charge < -0.3 is 5.32 Å². The molecule has 2 aliphatic carbocycles. The highest BCUT2D eigenvalue weighted by Gasteiger charge is 2.64. The molecule has 2 saturated carbocycles. The third kappa shape index (κ3) is 1.92. The average Bonchev–Trinajstić information content (AvgIpc) is 2.51. The van der Waals surface area contributed by atoms with Crippen LogP contribution in [-0.4, -0.2) is 12.1 Å². The van der Waals surface area contributed by atoms with E-state index in [2.05, 4.69) is 46.9 Å². The summed E-state index contributed by atoms with van der Waals surface area (Å²) in [6.07, 6.45) is 5.52. The van der Waals surface area contributed by atoms with Gasteiger partial charge in [0.1, 0.15) is 0 Å². The Morgan fingerprint density at radius 2 is 1.25 bits per heavy atom. The molecule has 0 amide bonds. The first-order valence-corrected chi connectivity index (χ1v) is 6.93. The summed E-state index contributed by atoms with van der Waals surface area (Å²) >= 11 is 0. The predicted octanol–water partition coefficient (Wildman–Crippen LogP) is 3.98. The summed E-state index contributed by atoms with van der Waals surface area (Å²) in [4.78, 5) is 0. The van der Waals surface area contributed by atoms with Crippen LogP contribution in [0.1, 0.15) is 67.2 Å². The van der Waals surface area contributed by atoms with Crippen LogP contribution in [0, 0.1) is 16.2 Å². The van der Waals surface area contributed by atoms with Crippen molar-refractivity contribution in [3.63, 3.8) is 0 Å². The van der Waals surface area contributed by atoms with Gasteiger partial charge in [-0.2, -0.15) is 0 Å². The molecule has 0 aliphatic heterocycles. The molecule has 0 aromatic heterocycles. The van der Waals surface area contributed by atoms with Crippen molar-refractivity contribution in [2.75, 3.05) is 0 Å². The highest BCUT2D eigenvalue weighted by Crippen LogP contribution is 2.63. The molecule has 2 rings (SSSR count).